The van der Waals surface area contributed by atoms with Crippen LogP contribution in [0.1, 0.15) is 40.0 Å². The van der Waals surface area contributed by atoms with Crippen LogP contribution in [0.25, 0.3) is 0 Å². The number of hydrogen-bond donors (Lipinski definition) is 1. The smallest absolute Gasteiger partial charge is 0.103 e. The van der Waals surface area contributed by atoms with Crippen molar-refractivity contribution < 1.29 is 0 Å². The van der Waals surface area contributed by atoms with E-state index in [1.54, 1.807) is 0 Å². The molecule has 110 valence electrons. The van der Waals surface area contributed by atoms with Gasteiger partial charge in [-0.25, -0.2) is 0 Å². The Morgan fingerprint density at radius 1 is 1.32 bits per heavy atom. The first-order chi connectivity index (χ1) is 8.83. The highest BCUT2D eigenvalue weighted by molar-refractivity contribution is 5.02. The van der Waals surface area contributed by atoms with Crippen LogP contribution in [-0.4, -0.2) is 61.2 Å². The van der Waals surface area contributed by atoms with Gasteiger partial charge in [-0.1, -0.05) is 0 Å². The van der Waals surface area contributed by atoms with E-state index in [1.165, 1.54) is 13.0 Å². The standard InChI is InChI=1S/C15H30N4/c1-14(2)13-19(11-10-18(14)5)9-7-6-8-15(3,12-16)17-4/h17H,6-11,13H2,1-5H3. The van der Waals surface area contributed by atoms with E-state index in [1.807, 2.05) is 14.0 Å². The number of likely N-dealkylation sites (N-methyl/N-ethyl adjacent to an activating group) is 1. The maximum Gasteiger partial charge on any atom is 0.103 e. The Morgan fingerprint density at radius 2 is 2.00 bits per heavy atom. The van der Waals surface area contributed by atoms with Crippen LogP contribution >= 0.6 is 0 Å². The van der Waals surface area contributed by atoms with Gasteiger partial charge in [0.1, 0.15) is 5.54 Å². The highest BCUT2D eigenvalue weighted by Crippen LogP contribution is 2.19. The minimum absolute atomic E-state index is 0.282. The van der Waals surface area contributed by atoms with Crippen molar-refractivity contribution in [2.45, 2.75) is 51.1 Å². The summed E-state index contributed by atoms with van der Waals surface area (Å²) in [6.45, 7) is 11.2. The molecule has 0 aromatic carbocycles. The van der Waals surface area contributed by atoms with Crippen molar-refractivity contribution in [3.05, 3.63) is 0 Å². The summed E-state index contributed by atoms with van der Waals surface area (Å²) in [6, 6.07) is 2.35. The first kappa shape index (κ1) is 16.4. The van der Waals surface area contributed by atoms with E-state index in [0.29, 0.717) is 0 Å². The monoisotopic (exact) mass is 266 g/mol. The molecule has 4 heteroatoms. The lowest BCUT2D eigenvalue weighted by atomic mass is 9.96. The third-order valence-corrected chi connectivity index (χ3v) is 4.60. The van der Waals surface area contributed by atoms with Gasteiger partial charge in [-0.05, 0) is 60.7 Å². The molecule has 0 bridgehead atoms. The summed E-state index contributed by atoms with van der Waals surface area (Å²) < 4.78 is 0. The quantitative estimate of drug-likeness (QED) is 0.743. The number of piperazine rings is 1. The van der Waals surface area contributed by atoms with E-state index >= 15 is 0 Å². The average Bonchev–Trinajstić information content (AvgIpc) is 2.38. The van der Waals surface area contributed by atoms with E-state index in [2.05, 4.69) is 42.1 Å². The second kappa shape index (κ2) is 6.69. The number of rotatable bonds is 6. The Hall–Kier alpha value is -0.630. The van der Waals surface area contributed by atoms with E-state index in [0.717, 1.165) is 32.5 Å². The van der Waals surface area contributed by atoms with Crippen LogP contribution in [0.15, 0.2) is 0 Å². The molecule has 1 aliphatic heterocycles. The van der Waals surface area contributed by atoms with Gasteiger partial charge in [0.05, 0.1) is 6.07 Å². The van der Waals surface area contributed by atoms with Crippen LogP contribution in [0.3, 0.4) is 0 Å². The van der Waals surface area contributed by atoms with Crippen LogP contribution in [0, 0.1) is 11.3 Å². The minimum Gasteiger partial charge on any atom is -0.303 e. The maximum absolute atomic E-state index is 9.10. The Morgan fingerprint density at radius 3 is 2.53 bits per heavy atom. The predicted octanol–water partition coefficient (Wildman–Crippen LogP) is 1.68. The molecule has 1 rings (SSSR count). The molecule has 1 heterocycles. The summed E-state index contributed by atoms with van der Waals surface area (Å²) in [5.74, 6) is 0. The van der Waals surface area contributed by atoms with Gasteiger partial charge in [-0.2, -0.15) is 5.26 Å². The topological polar surface area (TPSA) is 42.3 Å². The molecule has 0 saturated carbocycles. The van der Waals surface area contributed by atoms with Gasteiger partial charge < -0.3 is 10.2 Å². The van der Waals surface area contributed by atoms with Crippen molar-refractivity contribution in [2.75, 3.05) is 40.3 Å². The van der Waals surface area contributed by atoms with Gasteiger partial charge in [-0.3, -0.25) is 4.90 Å². The third kappa shape index (κ3) is 4.76. The van der Waals surface area contributed by atoms with Gasteiger partial charge in [0.15, 0.2) is 0 Å². The summed E-state index contributed by atoms with van der Waals surface area (Å²) in [7, 11) is 4.08. The molecule has 1 atom stereocenters. The zero-order chi connectivity index (χ0) is 14.5. The van der Waals surface area contributed by atoms with Gasteiger partial charge in [0.25, 0.3) is 0 Å². The van der Waals surface area contributed by atoms with Crippen molar-refractivity contribution in [1.82, 2.24) is 15.1 Å². The van der Waals surface area contributed by atoms with Crippen molar-refractivity contribution in [1.29, 1.82) is 5.26 Å². The molecular formula is C15H30N4. The summed E-state index contributed by atoms with van der Waals surface area (Å²) >= 11 is 0. The zero-order valence-corrected chi connectivity index (χ0v) is 13.3. The number of nitriles is 1. The molecule has 1 unspecified atom stereocenters. The Kier molecular flexibility index (Phi) is 5.79. The summed E-state index contributed by atoms with van der Waals surface area (Å²) in [4.78, 5) is 5.00. The molecule has 0 aromatic heterocycles. The van der Waals surface area contributed by atoms with E-state index in [-0.39, 0.29) is 11.1 Å². The maximum atomic E-state index is 9.10. The molecule has 0 amide bonds. The average molecular weight is 266 g/mol. The number of nitrogens with one attached hydrogen (secondary N) is 1. The fourth-order valence-electron chi connectivity index (χ4n) is 2.58. The van der Waals surface area contributed by atoms with Crippen LogP contribution in [0.2, 0.25) is 0 Å². The van der Waals surface area contributed by atoms with Crippen molar-refractivity contribution >= 4 is 0 Å². The fourth-order valence-corrected chi connectivity index (χ4v) is 2.58. The van der Waals surface area contributed by atoms with Gasteiger partial charge in [-0.15, -0.1) is 0 Å². The third-order valence-electron chi connectivity index (χ3n) is 4.60. The molecule has 19 heavy (non-hydrogen) atoms. The first-order valence-corrected chi connectivity index (χ1v) is 7.37. The molecule has 1 saturated heterocycles. The Bertz CT molecular complexity index is 321. The summed E-state index contributed by atoms with van der Waals surface area (Å²) in [6.07, 6.45) is 3.22. The van der Waals surface area contributed by atoms with E-state index in [9.17, 15) is 0 Å². The Labute approximate surface area is 118 Å². The SMILES string of the molecule is CNC(C)(C#N)CCCCN1CCN(C)C(C)(C)C1. The van der Waals surface area contributed by atoms with Crippen LogP contribution < -0.4 is 5.32 Å². The number of nitrogens with zero attached hydrogens (tertiary/aromatic N) is 3. The lowest BCUT2D eigenvalue weighted by Crippen LogP contribution is -2.57. The molecule has 1 fully saturated rings. The van der Waals surface area contributed by atoms with E-state index < -0.39 is 0 Å². The Balaban J connectivity index is 2.26. The molecule has 0 aromatic rings. The molecule has 0 aliphatic carbocycles. The van der Waals surface area contributed by atoms with Crippen molar-refractivity contribution in [2.24, 2.45) is 0 Å². The zero-order valence-electron chi connectivity index (χ0n) is 13.3. The molecule has 4 nitrogen and oxygen atoms in total. The largest absolute Gasteiger partial charge is 0.303 e. The lowest BCUT2D eigenvalue weighted by Gasteiger charge is -2.45. The normalized spacial score (nSPS) is 23.8. The van der Waals surface area contributed by atoms with E-state index in [4.69, 9.17) is 5.26 Å². The van der Waals surface area contributed by atoms with Gasteiger partial charge >= 0.3 is 0 Å². The predicted molar refractivity (Wildman–Crippen MR) is 80.1 cm³/mol. The first-order valence-electron chi connectivity index (χ1n) is 7.37. The molecule has 1 aliphatic rings. The van der Waals surface area contributed by atoms with Crippen molar-refractivity contribution in [3.8, 4) is 6.07 Å². The number of unbranched alkanes of at least 4 members (excludes halogenated alkanes) is 1. The van der Waals surface area contributed by atoms with Gasteiger partial charge in [0, 0.05) is 25.2 Å². The molecular weight excluding hydrogens is 236 g/mol. The van der Waals surface area contributed by atoms with Crippen LogP contribution in [0.4, 0.5) is 0 Å². The van der Waals surface area contributed by atoms with Gasteiger partial charge in [0.2, 0.25) is 0 Å². The molecule has 0 spiro atoms. The molecule has 0 radical (unpaired) electrons. The lowest BCUT2D eigenvalue weighted by molar-refractivity contribution is 0.0391. The van der Waals surface area contributed by atoms with Crippen LogP contribution in [0.5, 0.6) is 0 Å². The second-order valence-electron chi connectivity index (χ2n) is 6.66. The minimum atomic E-state index is -0.360. The number of hydrogen-bond acceptors (Lipinski definition) is 4. The van der Waals surface area contributed by atoms with Crippen molar-refractivity contribution in [3.63, 3.8) is 0 Å². The fraction of sp³-hybridized carbons (Fsp3) is 0.933. The molecule has 1 N–H and O–H groups in total. The summed E-state index contributed by atoms with van der Waals surface area (Å²) in [5.41, 5.74) is -0.0776. The second-order valence-corrected chi connectivity index (χ2v) is 6.66. The summed E-state index contributed by atoms with van der Waals surface area (Å²) in [5, 5.41) is 12.2. The highest BCUT2D eigenvalue weighted by Gasteiger charge is 2.30. The van der Waals surface area contributed by atoms with Crippen LogP contribution in [-0.2, 0) is 0 Å². The highest BCUT2D eigenvalue weighted by atomic mass is 15.3.